The van der Waals surface area contributed by atoms with Gasteiger partial charge in [0.2, 0.25) is 0 Å². The van der Waals surface area contributed by atoms with Gasteiger partial charge in [0.1, 0.15) is 6.10 Å². The molecule has 0 heterocycles. The van der Waals surface area contributed by atoms with Crippen LogP contribution in [0.25, 0.3) is 0 Å². The van der Waals surface area contributed by atoms with E-state index in [9.17, 15) is 13.9 Å². The summed E-state index contributed by atoms with van der Waals surface area (Å²) in [6.45, 7) is 3.73. The summed E-state index contributed by atoms with van der Waals surface area (Å²) >= 11 is 0. The maximum atomic E-state index is 12.8. The number of hydrogen-bond donors (Lipinski definition) is 1. The van der Waals surface area contributed by atoms with Crippen molar-refractivity contribution in [2.24, 2.45) is 0 Å². The van der Waals surface area contributed by atoms with E-state index in [-0.39, 0.29) is 12.7 Å². The molecule has 2 nitrogen and oxygen atoms in total. The third kappa shape index (κ3) is 3.57. The van der Waals surface area contributed by atoms with Crippen molar-refractivity contribution < 1.29 is 18.6 Å². The molecule has 0 unspecified atom stereocenters. The summed E-state index contributed by atoms with van der Waals surface area (Å²) in [5, 5.41) is 9.57. The van der Waals surface area contributed by atoms with Gasteiger partial charge in [-0.3, -0.25) is 0 Å². The Morgan fingerprint density at radius 1 is 1.27 bits per heavy atom. The first kappa shape index (κ1) is 12.1. The number of rotatable bonds is 4. The second-order valence-electron chi connectivity index (χ2n) is 3.57. The lowest BCUT2D eigenvalue weighted by Gasteiger charge is -2.13. The molecule has 1 aromatic carbocycles. The Kier molecular flexibility index (Phi) is 4.17. The molecule has 1 aromatic rings. The Hall–Kier alpha value is -1.00. The summed E-state index contributed by atoms with van der Waals surface area (Å²) in [4.78, 5) is 0. The Balaban J connectivity index is 2.65. The number of halogens is 2. The quantitative estimate of drug-likeness (QED) is 0.837. The average Bonchev–Trinajstić information content (AvgIpc) is 2.18. The van der Waals surface area contributed by atoms with Crippen LogP contribution in [-0.2, 0) is 4.74 Å². The van der Waals surface area contributed by atoms with Gasteiger partial charge in [0.15, 0.2) is 11.6 Å². The minimum Gasteiger partial charge on any atom is -0.386 e. The Labute approximate surface area is 87.5 Å². The number of aliphatic hydroxyl groups excluding tert-OH is 1. The second kappa shape index (κ2) is 5.19. The molecule has 15 heavy (non-hydrogen) atoms. The Morgan fingerprint density at radius 2 is 1.93 bits per heavy atom. The van der Waals surface area contributed by atoms with Crippen molar-refractivity contribution in [1.29, 1.82) is 0 Å². The highest BCUT2D eigenvalue weighted by Gasteiger charge is 2.11. The van der Waals surface area contributed by atoms with Crippen LogP contribution in [0, 0.1) is 11.6 Å². The summed E-state index contributed by atoms with van der Waals surface area (Å²) < 4.78 is 30.6. The van der Waals surface area contributed by atoms with Gasteiger partial charge in [0.05, 0.1) is 12.7 Å². The normalized spacial score (nSPS) is 13.2. The van der Waals surface area contributed by atoms with E-state index in [1.165, 1.54) is 6.07 Å². The summed E-state index contributed by atoms with van der Waals surface area (Å²) in [6.07, 6.45) is -0.938. The lowest BCUT2D eigenvalue weighted by molar-refractivity contribution is 0.00479. The van der Waals surface area contributed by atoms with E-state index in [2.05, 4.69) is 0 Å². The molecule has 0 amide bonds. The molecule has 0 aliphatic carbocycles. The molecule has 4 heteroatoms. The zero-order valence-corrected chi connectivity index (χ0v) is 8.71. The lowest BCUT2D eigenvalue weighted by Crippen LogP contribution is -2.12. The molecule has 0 saturated heterocycles. The molecule has 84 valence electrons. The van der Waals surface area contributed by atoms with E-state index in [0.29, 0.717) is 5.56 Å². The Bertz CT molecular complexity index is 326. The molecular formula is C11H14F2O2. The maximum Gasteiger partial charge on any atom is 0.159 e. The molecule has 1 rings (SSSR count). The van der Waals surface area contributed by atoms with Crippen molar-refractivity contribution in [3.05, 3.63) is 35.4 Å². The molecule has 0 fully saturated rings. The van der Waals surface area contributed by atoms with Crippen LogP contribution in [-0.4, -0.2) is 17.8 Å². The van der Waals surface area contributed by atoms with Gasteiger partial charge >= 0.3 is 0 Å². The molecule has 0 bridgehead atoms. The van der Waals surface area contributed by atoms with E-state index in [0.717, 1.165) is 12.1 Å². The van der Waals surface area contributed by atoms with Crippen molar-refractivity contribution in [3.8, 4) is 0 Å². The largest absolute Gasteiger partial charge is 0.386 e. The maximum absolute atomic E-state index is 12.8. The van der Waals surface area contributed by atoms with Gasteiger partial charge in [0, 0.05) is 0 Å². The summed E-state index contributed by atoms with van der Waals surface area (Å²) in [5.74, 6) is -1.88. The number of benzene rings is 1. The van der Waals surface area contributed by atoms with Crippen molar-refractivity contribution in [1.82, 2.24) is 0 Å². The zero-order valence-electron chi connectivity index (χ0n) is 8.71. The fraction of sp³-hybridized carbons (Fsp3) is 0.455. The van der Waals surface area contributed by atoms with Crippen LogP contribution < -0.4 is 0 Å². The fourth-order valence-corrected chi connectivity index (χ4v) is 1.10. The van der Waals surface area contributed by atoms with E-state index in [4.69, 9.17) is 4.74 Å². The fourth-order valence-electron chi connectivity index (χ4n) is 1.10. The van der Waals surface area contributed by atoms with Gasteiger partial charge in [-0.2, -0.15) is 0 Å². The van der Waals surface area contributed by atoms with Gasteiger partial charge in [-0.1, -0.05) is 6.07 Å². The minimum atomic E-state index is -0.962. The van der Waals surface area contributed by atoms with Crippen molar-refractivity contribution >= 4 is 0 Å². The number of hydrogen-bond acceptors (Lipinski definition) is 2. The summed E-state index contributed by atoms with van der Waals surface area (Å²) in [7, 11) is 0. The first-order valence-corrected chi connectivity index (χ1v) is 4.75. The van der Waals surface area contributed by atoms with Crippen molar-refractivity contribution in [3.63, 3.8) is 0 Å². The molecule has 1 N–H and O–H groups in total. The van der Waals surface area contributed by atoms with Crippen LogP contribution in [0.4, 0.5) is 8.78 Å². The van der Waals surface area contributed by atoms with E-state index in [1.807, 2.05) is 13.8 Å². The van der Waals surface area contributed by atoms with Crippen LogP contribution in [0.3, 0.4) is 0 Å². The van der Waals surface area contributed by atoms with E-state index in [1.54, 1.807) is 0 Å². The smallest absolute Gasteiger partial charge is 0.159 e. The highest BCUT2D eigenvalue weighted by Crippen LogP contribution is 2.16. The zero-order chi connectivity index (χ0) is 11.4. The topological polar surface area (TPSA) is 29.5 Å². The third-order valence-electron chi connectivity index (χ3n) is 1.92. The van der Waals surface area contributed by atoms with Gasteiger partial charge < -0.3 is 9.84 Å². The van der Waals surface area contributed by atoms with Crippen LogP contribution >= 0.6 is 0 Å². The molecule has 0 saturated carbocycles. The van der Waals surface area contributed by atoms with Gasteiger partial charge in [-0.25, -0.2) is 8.78 Å². The standard InChI is InChI=1S/C11H14F2O2/c1-7(2)15-6-11(14)8-3-4-9(12)10(13)5-8/h3-5,7,11,14H,6H2,1-2H3/t11-/m0/s1. The average molecular weight is 216 g/mol. The van der Waals surface area contributed by atoms with Crippen molar-refractivity contribution in [2.75, 3.05) is 6.61 Å². The van der Waals surface area contributed by atoms with Crippen LogP contribution in [0.1, 0.15) is 25.5 Å². The first-order valence-electron chi connectivity index (χ1n) is 4.75. The molecule has 1 atom stereocenters. The first-order chi connectivity index (χ1) is 7.00. The van der Waals surface area contributed by atoms with E-state index >= 15 is 0 Å². The molecule has 0 aliphatic rings. The van der Waals surface area contributed by atoms with Crippen LogP contribution in [0.2, 0.25) is 0 Å². The van der Waals surface area contributed by atoms with Crippen molar-refractivity contribution in [2.45, 2.75) is 26.1 Å². The van der Waals surface area contributed by atoms with E-state index < -0.39 is 17.7 Å². The monoisotopic (exact) mass is 216 g/mol. The molecule has 0 aliphatic heterocycles. The molecule has 0 spiro atoms. The third-order valence-corrected chi connectivity index (χ3v) is 1.92. The molecular weight excluding hydrogens is 202 g/mol. The summed E-state index contributed by atoms with van der Waals surface area (Å²) in [5.41, 5.74) is 0.314. The van der Waals surface area contributed by atoms with Gasteiger partial charge in [-0.15, -0.1) is 0 Å². The van der Waals surface area contributed by atoms with Gasteiger partial charge in [-0.05, 0) is 31.5 Å². The molecule has 0 aromatic heterocycles. The summed E-state index contributed by atoms with van der Waals surface area (Å²) in [6, 6.07) is 3.31. The lowest BCUT2D eigenvalue weighted by atomic mass is 10.1. The van der Waals surface area contributed by atoms with Crippen LogP contribution in [0.15, 0.2) is 18.2 Å². The highest BCUT2D eigenvalue weighted by molar-refractivity contribution is 5.20. The molecule has 0 radical (unpaired) electrons. The SMILES string of the molecule is CC(C)OC[C@H](O)c1ccc(F)c(F)c1. The minimum absolute atomic E-state index is 0.00931. The predicted octanol–water partition coefficient (Wildman–Crippen LogP) is 2.42. The predicted molar refractivity (Wildman–Crippen MR) is 52.4 cm³/mol. The highest BCUT2D eigenvalue weighted by atomic mass is 19.2. The number of aliphatic hydroxyl groups is 1. The van der Waals surface area contributed by atoms with Gasteiger partial charge in [0.25, 0.3) is 0 Å². The van der Waals surface area contributed by atoms with Crippen LogP contribution in [0.5, 0.6) is 0 Å². The number of ether oxygens (including phenoxy) is 1. The Morgan fingerprint density at radius 3 is 2.47 bits per heavy atom. The second-order valence-corrected chi connectivity index (χ2v) is 3.57.